The van der Waals surface area contributed by atoms with Crippen molar-refractivity contribution in [2.75, 3.05) is 31.6 Å². The maximum absolute atomic E-state index is 11.6. The third kappa shape index (κ3) is 2.95. The van der Waals surface area contributed by atoms with E-state index in [-0.39, 0.29) is 5.91 Å². The summed E-state index contributed by atoms with van der Waals surface area (Å²) < 4.78 is 0. The predicted molar refractivity (Wildman–Crippen MR) is 85.8 cm³/mol. The summed E-state index contributed by atoms with van der Waals surface area (Å²) in [5, 5.41) is 2.56. The molecule has 4 nitrogen and oxygen atoms in total. The zero-order valence-corrected chi connectivity index (χ0v) is 12.8. The van der Waals surface area contributed by atoms with Crippen molar-refractivity contribution in [1.82, 2.24) is 9.88 Å². The number of halogens is 1. The lowest BCUT2D eigenvalue weighted by Gasteiger charge is -2.23. The number of anilines is 1. The standard InChI is InChI=1S/C16H18ClN3O/c1-19(9-10-20-8-4-7-15(20)21)14-11-12-5-2-3-6-13(12)16(17)18-14/h2-3,5-6,11H,4,7-10H2,1H3. The molecule has 21 heavy (non-hydrogen) atoms. The summed E-state index contributed by atoms with van der Waals surface area (Å²) in [6.07, 6.45) is 1.66. The number of carbonyl (C=O) groups is 1. The van der Waals surface area contributed by atoms with E-state index in [1.165, 1.54) is 0 Å². The van der Waals surface area contributed by atoms with E-state index in [0.717, 1.165) is 42.6 Å². The van der Waals surface area contributed by atoms with E-state index in [0.29, 0.717) is 11.6 Å². The lowest BCUT2D eigenvalue weighted by Crippen LogP contribution is -2.34. The topological polar surface area (TPSA) is 36.4 Å². The highest BCUT2D eigenvalue weighted by Gasteiger charge is 2.20. The quantitative estimate of drug-likeness (QED) is 0.815. The van der Waals surface area contributed by atoms with Gasteiger partial charge >= 0.3 is 0 Å². The van der Waals surface area contributed by atoms with Gasteiger partial charge in [0.15, 0.2) is 0 Å². The predicted octanol–water partition coefficient (Wildman–Crippen LogP) is 2.95. The van der Waals surface area contributed by atoms with Crippen LogP contribution in [-0.4, -0.2) is 42.5 Å². The molecule has 1 aliphatic heterocycles. The Kier molecular flexibility index (Phi) is 3.97. The molecule has 3 rings (SSSR count). The van der Waals surface area contributed by atoms with Crippen molar-refractivity contribution < 1.29 is 4.79 Å². The van der Waals surface area contributed by atoms with Crippen molar-refractivity contribution in [1.29, 1.82) is 0 Å². The van der Waals surface area contributed by atoms with Crippen molar-refractivity contribution in [3.05, 3.63) is 35.5 Å². The number of carbonyl (C=O) groups excluding carboxylic acids is 1. The van der Waals surface area contributed by atoms with Crippen LogP contribution >= 0.6 is 11.6 Å². The first-order valence-corrected chi connectivity index (χ1v) is 7.57. The minimum atomic E-state index is 0.257. The fraction of sp³-hybridized carbons (Fsp3) is 0.375. The molecule has 1 saturated heterocycles. The number of likely N-dealkylation sites (tertiary alicyclic amines) is 1. The minimum absolute atomic E-state index is 0.257. The van der Waals surface area contributed by atoms with Crippen LogP contribution in [0.15, 0.2) is 30.3 Å². The number of likely N-dealkylation sites (N-methyl/N-ethyl adjacent to an activating group) is 1. The molecule has 1 aromatic carbocycles. The molecule has 0 atom stereocenters. The normalized spacial score (nSPS) is 15.0. The molecule has 0 N–H and O–H groups in total. The number of benzene rings is 1. The van der Waals surface area contributed by atoms with Gasteiger partial charge in [-0.1, -0.05) is 35.9 Å². The zero-order valence-electron chi connectivity index (χ0n) is 12.1. The van der Waals surface area contributed by atoms with E-state index in [9.17, 15) is 4.79 Å². The fourth-order valence-corrected chi connectivity index (χ4v) is 2.92. The number of amides is 1. The van der Waals surface area contributed by atoms with E-state index in [4.69, 9.17) is 11.6 Å². The summed E-state index contributed by atoms with van der Waals surface area (Å²) in [5.74, 6) is 1.10. The van der Waals surface area contributed by atoms with Crippen LogP contribution in [0.4, 0.5) is 5.82 Å². The summed E-state index contributed by atoms with van der Waals surface area (Å²) in [5.41, 5.74) is 0. The van der Waals surface area contributed by atoms with Crippen molar-refractivity contribution in [3.8, 4) is 0 Å². The molecule has 1 aliphatic rings. The lowest BCUT2D eigenvalue weighted by molar-refractivity contribution is -0.127. The first-order chi connectivity index (χ1) is 10.1. The second-order valence-electron chi connectivity index (χ2n) is 5.40. The van der Waals surface area contributed by atoms with Gasteiger partial charge in [-0.2, -0.15) is 0 Å². The van der Waals surface area contributed by atoms with Gasteiger partial charge in [0.1, 0.15) is 11.0 Å². The Labute approximate surface area is 129 Å². The maximum atomic E-state index is 11.6. The fourth-order valence-electron chi connectivity index (χ4n) is 2.66. The number of nitrogens with zero attached hydrogens (tertiary/aromatic N) is 3. The van der Waals surface area contributed by atoms with Crippen molar-refractivity contribution in [2.45, 2.75) is 12.8 Å². The van der Waals surface area contributed by atoms with Crippen molar-refractivity contribution >= 4 is 34.1 Å². The second-order valence-corrected chi connectivity index (χ2v) is 5.76. The van der Waals surface area contributed by atoms with Crippen LogP contribution in [-0.2, 0) is 4.79 Å². The van der Waals surface area contributed by atoms with E-state index in [1.54, 1.807) is 0 Å². The Morgan fingerprint density at radius 3 is 2.95 bits per heavy atom. The Hall–Kier alpha value is -1.81. The number of hydrogen-bond acceptors (Lipinski definition) is 3. The lowest BCUT2D eigenvalue weighted by atomic mass is 10.2. The highest BCUT2D eigenvalue weighted by Crippen LogP contribution is 2.25. The van der Waals surface area contributed by atoms with Gasteiger partial charge < -0.3 is 9.80 Å². The van der Waals surface area contributed by atoms with Gasteiger partial charge in [0, 0.05) is 38.5 Å². The Bertz CT molecular complexity index is 674. The molecule has 0 unspecified atom stereocenters. The molecule has 1 amide bonds. The second kappa shape index (κ2) is 5.90. The Morgan fingerprint density at radius 1 is 1.38 bits per heavy atom. The summed E-state index contributed by atoms with van der Waals surface area (Å²) >= 11 is 6.25. The Morgan fingerprint density at radius 2 is 2.19 bits per heavy atom. The first kappa shape index (κ1) is 14.1. The molecule has 1 fully saturated rings. The molecule has 0 radical (unpaired) electrons. The van der Waals surface area contributed by atoms with Crippen LogP contribution in [0, 0.1) is 0 Å². The molecule has 110 valence electrons. The monoisotopic (exact) mass is 303 g/mol. The Balaban J connectivity index is 1.75. The van der Waals surface area contributed by atoms with Crippen LogP contribution in [0.1, 0.15) is 12.8 Å². The van der Waals surface area contributed by atoms with Gasteiger partial charge in [0.05, 0.1) is 0 Å². The number of hydrogen-bond donors (Lipinski definition) is 0. The van der Waals surface area contributed by atoms with Crippen LogP contribution < -0.4 is 4.90 Å². The number of rotatable bonds is 4. The van der Waals surface area contributed by atoms with Crippen LogP contribution in [0.5, 0.6) is 0 Å². The number of fused-ring (bicyclic) bond motifs is 1. The minimum Gasteiger partial charge on any atom is -0.358 e. The average Bonchev–Trinajstić information content (AvgIpc) is 2.90. The van der Waals surface area contributed by atoms with E-state index in [1.807, 2.05) is 47.2 Å². The highest BCUT2D eigenvalue weighted by molar-refractivity contribution is 6.34. The van der Waals surface area contributed by atoms with E-state index in [2.05, 4.69) is 4.98 Å². The first-order valence-electron chi connectivity index (χ1n) is 7.19. The molecular weight excluding hydrogens is 286 g/mol. The number of aromatic nitrogens is 1. The summed E-state index contributed by atoms with van der Waals surface area (Å²) in [6.45, 7) is 2.37. The van der Waals surface area contributed by atoms with E-state index < -0.39 is 0 Å². The highest BCUT2D eigenvalue weighted by atomic mass is 35.5. The number of pyridine rings is 1. The molecule has 0 aliphatic carbocycles. The smallest absolute Gasteiger partial charge is 0.222 e. The molecule has 2 heterocycles. The molecule has 0 bridgehead atoms. The third-order valence-corrected chi connectivity index (χ3v) is 4.24. The third-order valence-electron chi connectivity index (χ3n) is 3.95. The summed E-state index contributed by atoms with van der Waals surface area (Å²) in [6, 6.07) is 9.98. The van der Waals surface area contributed by atoms with Crippen LogP contribution in [0.2, 0.25) is 5.15 Å². The van der Waals surface area contributed by atoms with Crippen molar-refractivity contribution in [3.63, 3.8) is 0 Å². The molecule has 5 heteroatoms. The van der Waals surface area contributed by atoms with Gasteiger partial charge in [0.25, 0.3) is 0 Å². The van der Waals surface area contributed by atoms with Crippen LogP contribution in [0.25, 0.3) is 10.8 Å². The molecule has 1 aromatic heterocycles. The zero-order chi connectivity index (χ0) is 14.8. The maximum Gasteiger partial charge on any atom is 0.222 e. The van der Waals surface area contributed by atoms with Gasteiger partial charge in [0.2, 0.25) is 5.91 Å². The SMILES string of the molecule is CN(CCN1CCCC1=O)c1cc2ccccc2c(Cl)n1. The van der Waals surface area contributed by atoms with Gasteiger partial charge in [-0.25, -0.2) is 4.98 Å². The van der Waals surface area contributed by atoms with Gasteiger partial charge in [-0.15, -0.1) is 0 Å². The average molecular weight is 304 g/mol. The van der Waals surface area contributed by atoms with E-state index >= 15 is 0 Å². The van der Waals surface area contributed by atoms with Gasteiger partial charge in [-0.3, -0.25) is 4.79 Å². The molecular formula is C16H18ClN3O. The van der Waals surface area contributed by atoms with Crippen LogP contribution in [0.3, 0.4) is 0 Å². The van der Waals surface area contributed by atoms with Crippen molar-refractivity contribution in [2.24, 2.45) is 0 Å². The largest absolute Gasteiger partial charge is 0.358 e. The van der Waals surface area contributed by atoms with Gasteiger partial charge in [-0.05, 0) is 17.9 Å². The summed E-state index contributed by atoms with van der Waals surface area (Å²) in [4.78, 5) is 20.0. The molecule has 2 aromatic rings. The molecule has 0 saturated carbocycles. The molecule has 0 spiro atoms. The summed E-state index contributed by atoms with van der Waals surface area (Å²) in [7, 11) is 1.98.